The van der Waals surface area contributed by atoms with Crippen LogP contribution >= 0.6 is 0 Å². The molecule has 0 aromatic heterocycles. The van der Waals surface area contributed by atoms with Gasteiger partial charge in [0.1, 0.15) is 0 Å². The third kappa shape index (κ3) is 3.56. The number of rotatable bonds is 5. The summed E-state index contributed by atoms with van der Waals surface area (Å²) in [6, 6.07) is 4.30. The quantitative estimate of drug-likeness (QED) is 0.817. The highest BCUT2D eigenvalue weighted by Gasteiger charge is 2.10. The highest BCUT2D eigenvalue weighted by molar-refractivity contribution is 5.21. The molecule has 1 nitrogen and oxygen atoms in total. The molecule has 0 amide bonds. The van der Waals surface area contributed by atoms with Crippen molar-refractivity contribution in [2.24, 2.45) is 5.73 Å². The van der Waals surface area contributed by atoms with E-state index in [4.69, 9.17) is 5.73 Å². The van der Waals surface area contributed by atoms with Crippen LogP contribution in [0.2, 0.25) is 0 Å². The maximum Gasteiger partial charge on any atom is 0.159 e. The van der Waals surface area contributed by atoms with Crippen LogP contribution in [-0.4, -0.2) is 6.04 Å². The Morgan fingerprint density at radius 1 is 1.19 bits per heavy atom. The van der Waals surface area contributed by atoms with Gasteiger partial charge in [-0.1, -0.05) is 19.9 Å². The monoisotopic (exact) mass is 227 g/mol. The van der Waals surface area contributed by atoms with E-state index in [1.807, 2.05) is 13.8 Å². The summed E-state index contributed by atoms with van der Waals surface area (Å²) in [5, 5.41) is 0. The van der Waals surface area contributed by atoms with Crippen LogP contribution in [0.25, 0.3) is 0 Å². The fraction of sp³-hybridized carbons (Fsp3) is 0.538. The Balaban J connectivity index is 2.59. The maximum absolute atomic E-state index is 13.0. The molecule has 90 valence electrons. The van der Waals surface area contributed by atoms with Crippen LogP contribution in [-0.2, 0) is 0 Å². The summed E-state index contributed by atoms with van der Waals surface area (Å²) in [4.78, 5) is 0. The minimum atomic E-state index is -0.791. The first-order valence-corrected chi connectivity index (χ1v) is 5.75. The average molecular weight is 227 g/mol. The minimum Gasteiger partial charge on any atom is -0.328 e. The molecular formula is C13H19F2N. The molecule has 3 heteroatoms. The molecule has 1 aromatic carbocycles. The lowest BCUT2D eigenvalue weighted by Gasteiger charge is -2.14. The van der Waals surface area contributed by atoms with Gasteiger partial charge in [0.05, 0.1) is 0 Å². The Kier molecular flexibility index (Phi) is 4.87. The Morgan fingerprint density at radius 3 is 2.44 bits per heavy atom. The second-order valence-corrected chi connectivity index (χ2v) is 4.32. The van der Waals surface area contributed by atoms with Crippen LogP contribution in [0.5, 0.6) is 0 Å². The van der Waals surface area contributed by atoms with Crippen molar-refractivity contribution in [1.29, 1.82) is 0 Å². The standard InChI is InChI=1S/C13H19F2N/c1-3-11(16)6-4-9(2)10-5-7-12(14)13(15)8-10/h5,7-9,11H,3-4,6,16H2,1-2H3. The topological polar surface area (TPSA) is 26.0 Å². The highest BCUT2D eigenvalue weighted by atomic mass is 19.2. The largest absolute Gasteiger partial charge is 0.328 e. The van der Waals surface area contributed by atoms with Gasteiger partial charge in [0.25, 0.3) is 0 Å². The van der Waals surface area contributed by atoms with Crippen LogP contribution in [0.3, 0.4) is 0 Å². The van der Waals surface area contributed by atoms with E-state index in [0.29, 0.717) is 0 Å². The van der Waals surface area contributed by atoms with Gasteiger partial charge in [0.2, 0.25) is 0 Å². The van der Waals surface area contributed by atoms with Crippen molar-refractivity contribution >= 4 is 0 Å². The van der Waals surface area contributed by atoms with Gasteiger partial charge >= 0.3 is 0 Å². The summed E-state index contributed by atoms with van der Waals surface area (Å²) < 4.78 is 25.7. The van der Waals surface area contributed by atoms with Crippen molar-refractivity contribution in [2.75, 3.05) is 0 Å². The molecule has 0 aliphatic rings. The predicted molar refractivity (Wildman–Crippen MR) is 62.3 cm³/mol. The first-order valence-electron chi connectivity index (χ1n) is 5.75. The summed E-state index contributed by atoms with van der Waals surface area (Å²) in [5.74, 6) is -1.35. The third-order valence-electron chi connectivity index (χ3n) is 3.01. The molecule has 2 N–H and O–H groups in total. The lowest BCUT2D eigenvalue weighted by atomic mass is 9.94. The van der Waals surface area contributed by atoms with Crippen LogP contribution < -0.4 is 5.73 Å². The number of halogens is 2. The van der Waals surface area contributed by atoms with Gasteiger partial charge in [0.15, 0.2) is 11.6 Å². The number of hydrogen-bond acceptors (Lipinski definition) is 1. The van der Waals surface area contributed by atoms with E-state index in [9.17, 15) is 8.78 Å². The Morgan fingerprint density at radius 2 is 1.88 bits per heavy atom. The number of nitrogens with two attached hydrogens (primary N) is 1. The summed E-state index contributed by atoms with van der Waals surface area (Å²) in [6.45, 7) is 4.06. The van der Waals surface area contributed by atoms with Gasteiger partial charge < -0.3 is 5.73 Å². The molecule has 0 spiro atoms. The van der Waals surface area contributed by atoms with Crippen molar-refractivity contribution in [3.63, 3.8) is 0 Å². The van der Waals surface area contributed by atoms with Gasteiger partial charge in [-0.2, -0.15) is 0 Å². The van der Waals surface area contributed by atoms with Crippen molar-refractivity contribution in [1.82, 2.24) is 0 Å². The van der Waals surface area contributed by atoms with Crippen LogP contribution in [0.15, 0.2) is 18.2 Å². The van der Waals surface area contributed by atoms with E-state index in [0.717, 1.165) is 24.8 Å². The van der Waals surface area contributed by atoms with Gasteiger partial charge in [-0.25, -0.2) is 8.78 Å². The fourth-order valence-electron chi connectivity index (χ4n) is 1.65. The third-order valence-corrected chi connectivity index (χ3v) is 3.01. The highest BCUT2D eigenvalue weighted by Crippen LogP contribution is 2.23. The second kappa shape index (κ2) is 5.94. The van der Waals surface area contributed by atoms with Gasteiger partial charge in [0, 0.05) is 6.04 Å². The molecule has 16 heavy (non-hydrogen) atoms. The summed E-state index contributed by atoms with van der Waals surface area (Å²) in [7, 11) is 0. The molecule has 0 aliphatic carbocycles. The van der Waals surface area contributed by atoms with E-state index < -0.39 is 11.6 Å². The molecule has 0 aliphatic heterocycles. The van der Waals surface area contributed by atoms with E-state index in [2.05, 4.69) is 0 Å². The molecule has 0 saturated heterocycles. The molecule has 1 rings (SSSR count). The summed E-state index contributed by atoms with van der Waals surface area (Å²) >= 11 is 0. The molecule has 0 saturated carbocycles. The number of benzene rings is 1. The van der Waals surface area contributed by atoms with Crippen molar-refractivity contribution in [3.05, 3.63) is 35.4 Å². The predicted octanol–water partition coefficient (Wildman–Crippen LogP) is 3.59. The van der Waals surface area contributed by atoms with Crippen molar-refractivity contribution < 1.29 is 8.78 Å². The van der Waals surface area contributed by atoms with E-state index in [1.165, 1.54) is 12.1 Å². The molecule has 0 radical (unpaired) electrons. The lowest BCUT2D eigenvalue weighted by Crippen LogP contribution is -2.18. The summed E-state index contributed by atoms with van der Waals surface area (Å²) in [6.07, 6.45) is 2.77. The van der Waals surface area contributed by atoms with Crippen LogP contribution in [0.4, 0.5) is 8.78 Å². The first kappa shape index (κ1) is 13.1. The molecule has 2 unspecified atom stereocenters. The van der Waals surface area contributed by atoms with Crippen LogP contribution in [0, 0.1) is 11.6 Å². The first-order chi connectivity index (χ1) is 7.54. The maximum atomic E-state index is 13.0. The van der Waals surface area contributed by atoms with Crippen molar-refractivity contribution in [3.8, 4) is 0 Å². The lowest BCUT2D eigenvalue weighted by molar-refractivity contribution is 0.499. The van der Waals surface area contributed by atoms with Gasteiger partial charge in [-0.3, -0.25) is 0 Å². The molecular weight excluding hydrogens is 208 g/mol. The van der Waals surface area contributed by atoms with Crippen LogP contribution in [0.1, 0.15) is 44.6 Å². The zero-order valence-electron chi connectivity index (χ0n) is 9.84. The van der Waals surface area contributed by atoms with E-state index in [1.54, 1.807) is 6.07 Å². The molecule has 2 atom stereocenters. The molecule has 0 bridgehead atoms. The van der Waals surface area contributed by atoms with Gasteiger partial charge in [-0.05, 0) is 42.9 Å². The molecule has 0 heterocycles. The minimum absolute atomic E-state index is 0.202. The van der Waals surface area contributed by atoms with Crippen molar-refractivity contribution in [2.45, 2.75) is 45.1 Å². The number of hydrogen-bond donors (Lipinski definition) is 1. The van der Waals surface area contributed by atoms with Gasteiger partial charge in [-0.15, -0.1) is 0 Å². The smallest absolute Gasteiger partial charge is 0.159 e. The Bertz CT molecular complexity index is 339. The van der Waals surface area contributed by atoms with E-state index in [-0.39, 0.29) is 12.0 Å². The Hall–Kier alpha value is -0.960. The zero-order valence-corrected chi connectivity index (χ0v) is 9.84. The second-order valence-electron chi connectivity index (χ2n) is 4.32. The summed E-state index contributed by atoms with van der Waals surface area (Å²) in [5.41, 5.74) is 6.65. The Labute approximate surface area is 95.7 Å². The molecule has 0 fully saturated rings. The zero-order chi connectivity index (χ0) is 12.1. The molecule has 1 aromatic rings. The SMILES string of the molecule is CCC(N)CCC(C)c1ccc(F)c(F)c1. The normalized spacial score (nSPS) is 14.8. The van der Waals surface area contributed by atoms with E-state index >= 15 is 0 Å². The fourth-order valence-corrected chi connectivity index (χ4v) is 1.65. The average Bonchev–Trinajstić information content (AvgIpc) is 2.29.